The van der Waals surface area contributed by atoms with Gasteiger partial charge in [-0.3, -0.25) is 9.69 Å². The van der Waals surface area contributed by atoms with Crippen LogP contribution < -0.4 is 14.2 Å². The van der Waals surface area contributed by atoms with E-state index in [1.807, 2.05) is 61.5 Å². The molecule has 0 amide bonds. The first-order valence-corrected chi connectivity index (χ1v) is 10.7. The molecule has 162 valence electrons. The molecule has 0 N–H and O–H groups in total. The highest BCUT2D eigenvalue weighted by atomic mass is 35.5. The summed E-state index contributed by atoms with van der Waals surface area (Å²) in [4.78, 5) is 15.3. The highest BCUT2D eigenvalue weighted by Crippen LogP contribution is 2.44. The number of hydrogen-bond acceptors (Lipinski definition) is 5. The van der Waals surface area contributed by atoms with Crippen LogP contribution in [0.3, 0.4) is 0 Å². The first-order valence-electron chi connectivity index (χ1n) is 10.4. The van der Waals surface area contributed by atoms with Crippen LogP contribution in [0.2, 0.25) is 5.02 Å². The standard InChI is InChI=1S/C26H22ClNO4/c1-16-10-22-21(14-28(15-31-22)13-17-6-8-19(27)9-7-17)26-24(16)25(29)23(32-26)12-18-4-3-5-20(11-18)30-2/h3-12H,13-15H2,1-2H3/b23-12-. The Kier molecular flexibility index (Phi) is 5.37. The molecule has 0 spiro atoms. The van der Waals surface area contributed by atoms with Crippen molar-refractivity contribution >= 4 is 23.5 Å². The Labute approximate surface area is 191 Å². The quantitative estimate of drug-likeness (QED) is 0.485. The summed E-state index contributed by atoms with van der Waals surface area (Å²) in [5, 5.41) is 0.713. The van der Waals surface area contributed by atoms with E-state index in [9.17, 15) is 4.79 Å². The zero-order valence-corrected chi connectivity index (χ0v) is 18.6. The summed E-state index contributed by atoms with van der Waals surface area (Å²) in [5.74, 6) is 2.28. The Morgan fingerprint density at radius 3 is 2.75 bits per heavy atom. The van der Waals surface area contributed by atoms with Crippen molar-refractivity contribution in [2.24, 2.45) is 0 Å². The lowest BCUT2D eigenvalue weighted by Crippen LogP contribution is -2.31. The van der Waals surface area contributed by atoms with Gasteiger partial charge in [-0.2, -0.15) is 0 Å². The van der Waals surface area contributed by atoms with Crippen LogP contribution in [-0.2, 0) is 13.1 Å². The van der Waals surface area contributed by atoms with Crippen LogP contribution in [0.4, 0.5) is 0 Å². The summed E-state index contributed by atoms with van der Waals surface area (Å²) in [7, 11) is 1.62. The summed E-state index contributed by atoms with van der Waals surface area (Å²) < 4.78 is 17.5. The lowest BCUT2D eigenvalue weighted by Gasteiger charge is -2.30. The van der Waals surface area contributed by atoms with Gasteiger partial charge in [-0.1, -0.05) is 35.9 Å². The number of carbonyl (C=O) groups excluding carboxylic acids is 1. The number of carbonyl (C=O) groups is 1. The minimum atomic E-state index is -0.113. The van der Waals surface area contributed by atoms with Crippen LogP contribution in [-0.4, -0.2) is 24.5 Å². The maximum absolute atomic E-state index is 13.2. The molecular weight excluding hydrogens is 426 g/mol. The Bertz CT molecular complexity index is 1230. The summed E-state index contributed by atoms with van der Waals surface area (Å²) in [6, 6.07) is 17.2. The normalized spacial score (nSPS) is 16.3. The average Bonchev–Trinajstić information content (AvgIpc) is 3.13. The van der Waals surface area contributed by atoms with Crippen LogP contribution in [0.25, 0.3) is 6.08 Å². The minimum Gasteiger partial charge on any atom is -0.497 e. The number of methoxy groups -OCH3 is 1. The van der Waals surface area contributed by atoms with Crippen molar-refractivity contribution in [3.63, 3.8) is 0 Å². The minimum absolute atomic E-state index is 0.113. The van der Waals surface area contributed by atoms with E-state index in [1.54, 1.807) is 13.2 Å². The maximum Gasteiger partial charge on any atom is 0.232 e. The summed E-state index contributed by atoms with van der Waals surface area (Å²) >= 11 is 6.00. The van der Waals surface area contributed by atoms with E-state index in [4.69, 9.17) is 25.8 Å². The van der Waals surface area contributed by atoms with Gasteiger partial charge in [-0.25, -0.2) is 0 Å². The third kappa shape index (κ3) is 3.85. The monoisotopic (exact) mass is 447 g/mol. The van der Waals surface area contributed by atoms with E-state index in [0.29, 0.717) is 41.9 Å². The molecule has 2 aliphatic rings. The number of aryl methyl sites for hydroxylation is 1. The predicted octanol–water partition coefficient (Wildman–Crippen LogP) is 5.63. The van der Waals surface area contributed by atoms with Crippen LogP contribution in [0.1, 0.15) is 32.6 Å². The number of halogens is 1. The lowest BCUT2D eigenvalue weighted by atomic mass is 9.98. The molecule has 6 heteroatoms. The van der Waals surface area contributed by atoms with E-state index in [-0.39, 0.29) is 5.78 Å². The summed E-state index contributed by atoms with van der Waals surface area (Å²) in [5.41, 5.74) is 4.33. The van der Waals surface area contributed by atoms with Crippen molar-refractivity contribution < 1.29 is 19.0 Å². The number of nitrogens with zero attached hydrogens (tertiary/aromatic N) is 1. The Balaban J connectivity index is 1.45. The van der Waals surface area contributed by atoms with Gasteiger partial charge >= 0.3 is 0 Å². The van der Waals surface area contributed by atoms with Gasteiger partial charge in [-0.05, 0) is 60.0 Å². The molecule has 0 unspecified atom stereocenters. The van der Waals surface area contributed by atoms with E-state index < -0.39 is 0 Å². The number of allylic oxidation sites excluding steroid dienone is 1. The molecule has 2 heterocycles. The van der Waals surface area contributed by atoms with Gasteiger partial charge in [0.1, 0.15) is 24.0 Å². The average molecular weight is 448 g/mol. The third-order valence-electron chi connectivity index (χ3n) is 5.70. The molecule has 0 aromatic heterocycles. The molecule has 0 saturated heterocycles. The summed E-state index contributed by atoms with van der Waals surface area (Å²) in [6.07, 6.45) is 1.76. The first-order chi connectivity index (χ1) is 15.5. The van der Waals surface area contributed by atoms with Crippen LogP contribution in [0.15, 0.2) is 60.4 Å². The molecule has 3 aromatic rings. The lowest BCUT2D eigenvalue weighted by molar-refractivity contribution is 0.0872. The molecule has 5 nitrogen and oxygen atoms in total. The number of benzene rings is 3. The third-order valence-corrected chi connectivity index (χ3v) is 5.95. The van der Waals surface area contributed by atoms with Gasteiger partial charge in [0.05, 0.1) is 18.2 Å². The molecule has 0 atom stereocenters. The number of ether oxygens (including phenoxy) is 3. The van der Waals surface area contributed by atoms with Gasteiger partial charge < -0.3 is 14.2 Å². The maximum atomic E-state index is 13.2. The molecule has 0 bridgehead atoms. The first kappa shape index (κ1) is 20.6. The van der Waals surface area contributed by atoms with Gasteiger partial charge in [0, 0.05) is 18.1 Å². The van der Waals surface area contributed by atoms with Gasteiger partial charge in [0.15, 0.2) is 5.76 Å². The van der Waals surface area contributed by atoms with Gasteiger partial charge in [0.2, 0.25) is 5.78 Å². The van der Waals surface area contributed by atoms with Crippen LogP contribution in [0, 0.1) is 6.92 Å². The van der Waals surface area contributed by atoms with Crippen LogP contribution in [0.5, 0.6) is 17.2 Å². The largest absolute Gasteiger partial charge is 0.497 e. The number of Topliss-reactive ketones (excluding diaryl/α,β-unsaturated/α-hetero) is 1. The van der Waals surface area contributed by atoms with Crippen molar-refractivity contribution in [2.75, 3.05) is 13.8 Å². The molecule has 32 heavy (non-hydrogen) atoms. The van der Waals surface area contributed by atoms with Crippen molar-refractivity contribution in [3.8, 4) is 17.2 Å². The number of ketones is 1. The fourth-order valence-electron chi connectivity index (χ4n) is 4.11. The van der Waals surface area contributed by atoms with Gasteiger partial charge in [-0.15, -0.1) is 0 Å². The highest BCUT2D eigenvalue weighted by Gasteiger charge is 2.35. The molecule has 5 rings (SSSR count). The second-order valence-electron chi connectivity index (χ2n) is 7.98. The second-order valence-corrected chi connectivity index (χ2v) is 8.41. The molecule has 2 aliphatic heterocycles. The number of rotatable bonds is 4. The van der Waals surface area contributed by atoms with Crippen LogP contribution >= 0.6 is 11.6 Å². The second kappa shape index (κ2) is 8.34. The molecule has 0 saturated carbocycles. The fraction of sp³-hybridized carbons (Fsp3) is 0.192. The van der Waals surface area contributed by atoms with E-state index in [2.05, 4.69) is 4.90 Å². The Morgan fingerprint density at radius 1 is 1.16 bits per heavy atom. The Morgan fingerprint density at radius 2 is 1.97 bits per heavy atom. The molecule has 0 aliphatic carbocycles. The topological polar surface area (TPSA) is 48.0 Å². The van der Waals surface area contributed by atoms with Crippen molar-refractivity contribution in [3.05, 3.63) is 93.2 Å². The van der Waals surface area contributed by atoms with Gasteiger partial charge in [0.25, 0.3) is 0 Å². The van der Waals surface area contributed by atoms with Crippen molar-refractivity contribution in [1.82, 2.24) is 4.90 Å². The van der Waals surface area contributed by atoms with Crippen molar-refractivity contribution in [1.29, 1.82) is 0 Å². The molecule has 3 aromatic carbocycles. The molecular formula is C26H22ClNO4. The Hall–Kier alpha value is -3.28. The molecule has 0 radical (unpaired) electrons. The fourth-order valence-corrected chi connectivity index (χ4v) is 4.23. The summed E-state index contributed by atoms with van der Waals surface area (Å²) in [6.45, 7) is 3.71. The van der Waals surface area contributed by atoms with Crippen molar-refractivity contribution in [2.45, 2.75) is 20.0 Å². The molecule has 0 fully saturated rings. The van der Waals surface area contributed by atoms with E-state index >= 15 is 0 Å². The smallest absolute Gasteiger partial charge is 0.232 e. The number of fused-ring (bicyclic) bond motifs is 3. The SMILES string of the molecule is COc1cccc(/C=C2\Oc3c4c(cc(C)c3C2=O)OCN(Cc2ccc(Cl)cc2)C4)c1. The van der Waals surface area contributed by atoms with E-state index in [0.717, 1.165) is 33.8 Å². The zero-order chi connectivity index (χ0) is 22.2. The predicted molar refractivity (Wildman–Crippen MR) is 123 cm³/mol. The zero-order valence-electron chi connectivity index (χ0n) is 17.9. The highest BCUT2D eigenvalue weighted by molar-refractivity contribution is 6.30. The number of hydrogen-bond donors (Lipinski definition) is 0. The van der Waals surface area contributed by atoms with E-state index in [1.165, 1.54) is 0 Å².